The molecule has 1 saturated carbocycles. The van der Waals surface area contributed by atoms with Crippen LogP contribution in [0, 0.1) is 5.92 Å². The van der Waals surface area contributed by atoms with Gasteiger partial charge in [-0.15, -0.1) is 24.2 Å². The minimum absolute atomic E-state index is 0. The predicted octanol–water partition coefficient (Wildman–Crippen LogP) is 3.10. The van der Waals surface area contributed by atoms with Gasteiger partial charge in [-0.1, -0.05) is 11.6 Å². The van der Waals surface area contributed by atoms with Crippen molar-refractivity contribution in [2.75, 3.05) is 12.3 Å². The van der Waals surface area contributed by atoms with Crippen LogP contribution in [-0.2, 0) is 4.79 Å². The number of nitrogens with one attached hydrogen (secondary N) is 1. The summed E-state index contributed by atoms with van der Waals surface area (Å²) >= 11 is 7.49. The molecule has 3 nitrogen and oxygen atoms in total. The molecule has 1 atom stereocenters. The second-order valence-corrected chi connectivity index (χ2v) is 6.40. The quantitative estimate of drug-likeness (QED) is 0.753. The third kappa shape index (κ3) is 5.92. The molecule has 0 spiro atoms. The zero-order valence-corrected chi connectivity index (χ0v) is 13.6. The average Bonchev–Trinajstić information content (AvgIpc) is 3.23. The Balaban J connectivity index is 0.00000200. The highest BCUT2D eigenvalue weighted by molar-refractivity contribution is 7.99. The lowest BCUT2D eigenvalue weighted by Crippen LogP contribution is -2.41. The minimum atomic E-state index is 0. The van der Waals surface area contributed by atoms with E-state index in [1.807, 2.05) is 24.3 Å². The van der Waals surface area contributed by atoms with Crippen LogP contribution in [-0.4, -0.2) is 24.2 Å². The fourth-order valence-electron chi connectivity index (χ4n) is 1.94. The summed E-state index contributed by atoms with van der Waals surface area (Å²) in [6, 6.07) is 7.84. The molecule has 0 radical (unpaired) electrons. The number of rotatable bonds is 7. The number of halogens is 2. The second-order valence-electron chi connectivity index (χ2n) is 4.80. The Morgan fingerprint density at radius 2 is 2.05 bits per heavy atom. The summed E-state index contributed by atoms with van der Waals surface area (Å²) in [6.45, 7) is 0.542. The molecule has 0 heterocycles. The monoisotopic (exact) mass is 334 g/mol. The van der Waals surface area contributed by atoms with Crippen molar-refractivity contribution in [3.63, 3.8) is 0 Å². The molecule has 1 fully saturated rings. The van der Waals surface area contributed by atoms with Gasteiger partial charge in [-0.25, -0.2) is 0 Å². The van der Waals surface area contributed by atoms with Gasteiger partial charge in [-0.05, 0) is 43.0 Å². The average molecular weight is 335 g/mol. The first-order valence-corrected chi connectivity index (χ1v) is 7.93. The van der Waals surface area contributed by atoms with E-state index in [0.29, 0.717) is 18.9 Å². The van der Waals surface area contributed by atoms with Crippen LogP contribution in [0.1, 0.15) is 19.3 Å². The first-order chi connectivity index (χ1) is 9.19. The molecular weight excluding hydrogens is 315 g/mol. The van der Waals surface area contributed by atoms with Gasteiger partial charge in [0, 0.05) is 34.7 Å². The predicted molar refractivity (Wildman–Crippen MR) is 87.8 cm³/mol. The lowest BCUT2D eigenvalue weighted by molar-refractivity contribution is -0.121. The molecule has 112 valence electrons. The van der Waals surface area contributed by atoms with Gasteiger partial charge in [-0.3, -0.25) is 4.79 Å². The highest BCUT2D eigenvalue weighted by Crippen LogP contribution is 2.32. The maximum absolute atomic E-state index is 11.8. The van der Waals surface area contributed by atoms with Crippen molar-refractivity contribution < 1.29 is 4.79 Å². The lowest BCUT2D eigenvalue weighted by atomic mass is 10.2. The third-order valence-corrected chi connectivity index (χ3v) is 4.47. The summed E-state index contributed by atoms with van der Waals surface area (Å²) in [5.41, 5.74) is 5.66. The molecule has 1 aromatic carbocycles. The van der Waals surface area contributed by atoms with Gasteiger partial charge in [0.1, 0.15) is 0 Å². The Bertz CT molecular complexity index is 424. The Morgan fingerprint density at radius 1 is 1.40 bits per heavy atom. The van der Waals surface area contributed by atoms with Crippen LogP contribution in [0.25, 0.3) is 0 Å². The summed E-state index contributed by atoms with van der Waals surface area (Å²) in [5, 5.41) is 3.76. The van der Waals surface area contributed by atoms with E-state index in [9.17, 15) is 4.79 Å². The molecule has 0 saturated heterocycles. The molecular formula is C14H20Cl2N2OS. The van der Waals surface area contributed by atoms with Crippen LogP contribution in [0.15, 0.2) is 29.2 Å². The molecule has 1 aromatic rings. The van der Waals surface area contributed by atoms with Crippen molar-refractivity contribution in [1.82, 2.24) is 5.32 Å². The summed E-state index contributed by atoms with van der Waals surface area (Å²) in [5.74, 6) is 1.48. The van der Waals surface area contributed by atoms with Gasteiger partial charge in [0.15, 0.2) is 0 Å². The third-order valence-electron chi connectivity index (χ3n) is 3.20. The molecule has 0 bridgehead atoms. The summed E-state index contributed by atoms with van der Waals surface area (Å²) < 4.78 is 0. The highest BCUT2D eigenvalue weighted by Gasteiger charge is 2.30. The number of hydrogen-bond acceptors (Lipinski definition) is 3. The zero-order valence-electron chi connectivity index (χ0n) is 11.2. The Morgan fingerprint density at radius 3 is 2.60 bits per heavy atom. The molecule has 6 heteroatoms. The van der Waals surface area contributed by atoms with Gasteiger partial charge in [0.2, 0.25) is 5.91 Å². The van der Waals surface area contributed by atoms with Crippen molar-refractivity contribution in [1.29, 1.82) is 0 Å². The standard InChI is InChI=1S/C14H19ClN2OS.ClH/c15-11-3-5-12(6-4-11)19-8-7-14(18)17-13(9-16)10-1-2-10;/h3-6,10,13H,1-2,7-9,16H2,(H,17,18);1H. The topological polar surface area (TPSA) is 55.1 Å². The number of thioether (sulfide) groups is 1. The second kappa shape index (κ2) is 8.78. The highest BCUT2D eigenvalue weighted by atomic mass is 35.5. The Labute approximate surface area is 135 Å². The van der Waals surface area contributed by atoms with E-state index in [-0.39, 0.29) is 24.4 Å². The van der Waals surface area contributed by atoms with Crippen molar-refractivity contribution in [2.24, 2.45) is 11.7 Å². The van der Waals surface area contributed by atoms with E-state index in [1.54, 1.807) is 11.8 Å². The number of benzene rings is 1. The van der Waals surface area contributed by atoms with Gasteiger partial charge in [-0.2, -0.15) is 0 Å². The number of carbonyl (C=O) groups excluding carboxylic acids is 1. The molecule has 1 aliphatic rings. The molecule has 20 heavy (non-hydrogen) atoms. The van der Waals surface area contributed by atoms with E-state index < -0.39 is 0 Å². The Hall–Kier alpha value is -0.420. The normalized spacial score (nSPS) is 15.3. The summed E-state index contributed by atoms with van der Waals surface area (Å²) in [4.78, 5) is 12.9. The Kier molecular flexibility index (Phi) is 7.74. The minimum Gasteiger partial charge on any atom is -0.352 e. The van der Waals surface area contributed by atoms with E-state index >= 15 is 0 Å². The zero-order chi connectivity index (χ0) is 13.7. The van der Waals surface area contributed by atoms with E-state index in [1.165, 1.54) is 12.8 Å². The molecule has 1 aliphatic carbocycles. The summed E-state index contributed by atoms with van der Waals surface area (Å²) in [6.07, 6.45) is 2.92. The lowest BCUT2D eigenvalue weighted by Gasteiger charge is -2.15. The van der Waals surface area contributed by atoms with Crippen LogP contribution in [0.2, 0.25) is 5.02 Å². The van der Waals surface area contributed by atoms with Crippen molar-refractivity contribution in [3.05, 3.63) is 29.3 Å². The maximum atomic E-state index is 11.8. The molecule has 1 unspecified atom stereocenters. The number of nitrogens with two attached hydrogens (primary N) is 1. The number of hydrogen-bond donors (Lipinski definition) is 2. The van der Waals surface area contributed by atoms with Gasteiger partial charge < -0.3 is 11.1 Å². The van der Waals surface area contributed by atoms with E-state index in [2.05, 4.69) is 5.32 Å². The van der Waals surface area contributed by atoms with Crippen LogP contribution < -0.4 is 11.1 Å². The van der Waals surface area contributed by atoms with Crippen molar-refractivity contribution in [2.45, 2.75) is 30.2 Å². The SMILES string of the molecule is Cl.NCC(NC(=O)CCSc1ccc(Cl)cc1)C1CC1. The number of amides is 1. The molecule has 2 rings (SSSR count). The van der Waals surface area contributed by atoms with Gasteiger partial charge in [0.25, 0.3) is 0 Å². The molecule has 0 aromatic heterocycles. The fourth-order valence-corrected chi connectivity index (χ4v) is 2.92. The fraction of sp³-hybridized carbons (Fsp3) is 0.500. The summed E-state index contributed by atoms with van der Waals surface area (Å²) in [7, 11) is 0. The van der Waals surface area contributed by atoms with Gasteiger partial charge >= 0.3 is 0 Å². The maximum Gasteiger partial charge on any atom is 0.221 e. The van der Waals surface area contributed by atoms with Crippen LogP contribution in [0.5, 0.6) is 0 Å². The van der Waals surface area contributed by atoms with E-state index in [0.717, 1.165) is 15.7 Å². The van der Waals surface area contributed by atoms with Crippen LogP contribution in [0.3, 0.4) is 0 Å². The smallest absolute Gasteiger partial charge is 0.221 e. The van der Waals surface area contributed by atoms with Crippen molar-refractivity contribution >= 4 is 41.7 Å². The van der Waals surface area contributed by atoms with E-state index in [4.69, 9.17) is 17.3 Å². The van der Waals surface area contributed by atoms with Crippen molar-refractivity contribution in [3.8, 4) is 0 Å². The first-order valence-electron chi connectivity index (χ1n) is 6.57. The molecule has 1 amide bonds. The largest absolute Gasteiger partial charge is 0.352 e. The molecule has 0 aliphatic heterocycles. The number of carbonyl (C=O) groups is 1. The van der Waals surface area contributed by atoms with Crippen LogP contribution in [0.4, 0.5) is 0 Å². The van der Waals surface area contributed by atoms with Gasteiger partial charge in [0.05, 0.1) is 0 Å². The molecule has 3 N–H and O–H groups in total. The first kappa shape index (κ1) is 17.6. The van der Waals surface area contributed by atoms with Crippen LogP contribution >= 0.6 is 35.8 Å².